The Balaban J connectivity index is 1.92. The number of hydrogen-bond donors (Lipinski definition) is 2. The Morgan fingerprint density at radius 2 is 1.86 bits per heavy atom. The van der Waals surface area contributed by atoms with E-state index in [-0.39, 0.29) is 15.4 Å². The summed E-state index contributed by atoms with van der Waals surface area (Å²) in [6.07, 6.45) is -1.17. The number of nitrogens with one attached hydrogen (secondary N) is 1. The third kappa shape index (κ3) is 4.27. The van der Waals surface area contributed by atoms with Gasteiger partial charge in [0.05, 0.1) is 27.8 Å². The predicted molar refractivity (Wildman–Crippen MR) is 130 cm³/mol. The number of carbonyl (C=O) groups is 2. The average Bonchev–Trinajstić information content (AvgIpc) is 3.41. The van der Waals surface area contributed by atoms with Gasteiger partial charge in [-0.15, -0.1) is 11.3 Å². The summed E-state index contributed by atoms with van der Waals surface area (Å²) >= 11 is 7.07. The minimum absolute atomic E-state index is 0.00587. The average molecular weight is 522 g/mol. The van der Waals surface area contributed by atoms with Gasteiger partial charge in [0.25, 0.3) is 12.3 Å². The Morgan fingerprint density at radius 3 is 2.37 bits per heavy atom. The van der Waals surface area contributed by atoms with E-state index >= 15 is 0 Å². The molecular formula is C22H22ClF2N7O2S. The van der Waals surface area contributed by atoms with Crippen LogP contribution >= 0.6 is 22.9 Å². The Labute approximate surface area is 207 Å². The molecule has 4 aromatic heterocycles. The summed E-state index contributed by atoms with van der Waals surface area (Å²) in [5.74, 6) is -1.32. The monoisotopic (exact) mass is 521 g/mol. The number of nitrogens with two attached hydrogens (primary N) is 1. The molecular weight excluding hydrogens is 500 g/mol. The first-order valence-corrected chi connectivity index (χ1v) is 11.7. The number of rotatable bonds is 6. The lowest BCUT2D eigenvalue weighted by molar-refractivity contribution is -0.119. The van der Waals surface area contributed by atoms with Crippen molar-refractivity contribution in [3.63, 3.8) is 0 Å². The van der Waals surface area contributed by atoms with Crippen LogP contribution in [0.2, 0.25) is 5.02 Å². The zero-order chi connectivity index (χ0) is 25.8. The minimum Gasteiger partial charge on any atom is -0.365 e. The predicted octanol–water partition coefficient (Wildman–Crippen LogP) is 4.71. The summed E-state index contributed by atoms with van der Waals surface area (Å²) in [4.78, 5) is 29.8. The number of anilines is 1. The number of aryl methyl sites for hydroxylation is 3. The van der Waals surface area contributed by atoms with Crippen molar-refractivity contribution >= 4 is 50.7 Å². The van der Waals surface area contributed by atoms with E-state index in [1.54, 1.807) is 45.6 Å². The molecule has 184 valence electrons. The highest BCUT2D eigenvalue weighted by molar-refractivity contribution is 7.21. The first kappa shape index (κ1) is 24.7. The molecule has 9 nitrogen and oxygen atoms in total. The number of hydrogen-bond acceptors (Lipinski definition) is 6. The highest BCUT2D eigenvalue weighted by Gasteiger charge is 2.28. The fourth-order valence-corrected chi connectivity index (χ4v) is 5.10. The van der Waals surface area contributed by atoms with Crippen LogP contribution in [0.5, 0.6) is 0 Å². The normalized spacial score (nSPS) is 12.5. The van der Waals surface area contributed by atoms with Gasteiger partial charge in [-0.2, -0.15) is 10.2 Å². The first-order chi connectivity index (χ1) is 16.4. The van der Waals surface area contributed by atoms with E-state index in [1.807, 2.05) is 0 Å². The molecule has 0 aliphatic rings. The first-order valence-electron chi connectivity index (χ1n) is 10.5. The summed E-state index contributed by atoms with van der Waals surface area (Å²) in [6.45, 7) is 6.82. The zero-order valence-electron chi connectivity index (χ0n) is 19.5. The van der Waals surface area contributed by atoms with Crippen molar-refractivity contribution < 1.29 is 18.4 Å². The second kappa shape index (κ2) is 9.00. The van der Waals surface area contributed by atoms with Crippen molar-refractivity contribution in [2.75, 3.05) is 5.32 Å². The SMILES string of the molecule is Cc1nn(C)cc1-c1cc(C(F)F)nc2sc(C(N)=O)c(NC(=O)C(C)n3nc(C)c(Cl)c3C)c12. The second-order valence-electron chi connectivity index (χ2n) is 8.14. The quantitative estimate of drug-likeness (QED) is 0.380. The van der Waals surface area contributed by atoms with Gasteiger partial charge in [0.15, 0.2) is 0 Å². The fourth-order valence-electron chi connectivity index (χ4n) is 3.96. The fraction of sp³-hybridized carbons (Fsp3) is 0.318. The smallest absolute Gasteiger partial charge is 0.280 e. The number of aromatic nitrogens is 5. The van der Waals surface area contributed by atoms with Crippen molar-refractivity contribution in [3.8, 4) is 11.1 Å². The maximum atomic E-state index is 13.7. The Morgan fingerprint density at radius 1 is 1.17 bits per heavy atom. The van der Waals surface area contributed by atoms with Crippen molar-refractivity contribution in [1.29, 1.82) is 0 Å². The van der Waals surface area contributed by atoms with Crippen LogP contribution in [-0.4, -0.2) is 36.4 Å². The summed E-state index contributed by atoms with van der Waals surface area (Å²) < 4.78 is 30.4. The standard InChI is InChI=1S/C22H22ClF2N7O2S/c1-8-13(7-31(5)29-8)12-6-14(19(24)25)27-22-15(12)17(18(35-22)20(26)33)28-21(34)11(4)32-10(3)16(23)9(2)30-32/h6-7,11,19H,1-5H3,(H2,26,33)(H,28,34). The molecule has 0 bridgehead atoms. The van der Waals surface area contributed by atoms with Gasteiger partial charge in [-0.3, -0.25) is 19.0 Å². The Hall–Kier alpha value is -3.38. The maximum Gasteiger partial charge on any atom is 0.280 e. The highest BCUT2D eigenvalue weighted by Crippen LogP contribution is 2.43. The summed E-state index contributed by atoms with van der Waals surface area (Å²) in [5.41, 5.74) is 7.92. The highest BCUT2D eigenvalue weighted by atomic mass is 35.5. The Bertz CT molecular complexity index is 1490. The third-order valence-electron chi connectivity index (χ3n) is 5.66. The molecule has 3 N–H and O–H groups in total. The van der Waals surface area contributed by atoms with E-state index < -0.39 is 30.0 Å². The maximum absolute atomic E-state index is 13.7. The molecule has 0 saturated heterocycles. The van der Waals surface area contributed by atoms with Gasteiger partial charge >= 0.3 is 0 Å². The topological polar surface area (TPSA) is 121 Å². The van der Waals surface area contributed by atoms with Gasteiger partial charge in [0, 0.05) is 24.2 Å². The van der Waals surface area contributed by atoms with Gasteiger partial charge in [0.2, 0.25) is 5.91 Å². The molecule has 0 spiro atoms. The number of primary amides is 1. The number of carbonyl (C=O) groups excluding carboxylic acids is 2. The molecule has 13 heteroatoms. The van der Waals surface area contributed by atoms with E-state index in [9.17, 15) is 18.4 Å². The van der Waals surface area contributed by atoms with Crippen LogP contribution in [0.3, 0.4) is 0 Å². The molecule has 0 radical (unpaired) electrons. The van der Waals surface area contributed by atoms with Crippen LogP contribution in [0.25, 0.3) is 21.3 Å². The lowest BCUT2D eigenvalue weighted by Gasteiger charge is -2.16. The number of pyridine rings is 1. The molecule has 0 aromatic carbocycles. The number of halogens is 3. The molecule has 0 aliphatic carbocycles. The van der Waals surface area contributed by atoms with Crippen LogP contribution in [0.15, 0.2) is 12.3 Å². The van der Waals surface area contributed by atoms with Crippen LogP contribution < -0.4 is 11.1 Å². The van der Waals surface area contributed by atoms with Crippen molar-refractivity contribution in [3.05, 3.63) is 44.9 Å². The summed E-state index contributed by atoms with van der Waals surface area (Å²) in [6, 6.07) is 0.447. The molecule has 0 aliphatic heterocycles. The van der Waals surface area contributed by atoms with Gasteiger partial charge in [-0.25, -0.2) is 13.8 Å². The molecule has 1 unspecified atom stereocenters. The van der Waals surface area contributed by atoms with E-state index in [4.69, 9.17) is 17.3 Å². The minimum atomic E-state index is -2.84. The number of alkyl halides is 2. The van der Waals surface area contributed by atoms with Crippen LogP contribution in [0.1, 0.15) is 51.8 Å². The molecule has 0 fully saturated rings. The molecule has 4 heterocycles. The van der Waals surface area contributed by atoms with E-state index in [0.29, 0.717) is 38.6 Å². The van der Waals surface area contributed by atoms with Crippen molar-refractivity contribution in [2.24, 2.45) is 12.8 Å². The largest absolute Gasteiger partial charge is 0.365 e. The van der Waals surface area contributed by atoms with Gasteiger partial charge < -0.3 is 11.1 Å². The molecule has 1 atom stereocenters. The van der Waals surface area contributed by atoms with Crippen molar-refractivity contribution in [2.45, 2.75) is 40.2 Å². The number of nitrogens with zero attached hydrogens (tertiary/aromatic N) is 5. The Kier molecular flexibility index (Phi) is 6.36. The van der Waals surface area contributed by atoms with Gasteiger partial charge in [-0.1, -0.05) is 11.6 Å². The van der Waals surface area contributed by atoms with Gasteiger partial charge in [0.1, 0.15) is 21.4 Å². The van der Waals surface area contributed by atoms with E-state index in [2.05, 4.69) is 20.5 Å². The molecule has 2 amide bonds. The zero-order valence-corrected chi connectivity index (χ0v) is 21.1. The number of fused-ring (bicyclic) bond motifs is 1. The number of amides is 2. The van der Waals surface area contributed by atoms with E-state index in [0.717, 1.165) is 11.3 Å². The van der Waals surface area contributed by atoms with E-state index in [1.165, 1.54) is 10.7 Å². The second-order valence-corrected chi connectivity index (χ2v) is 9.52. The lowest BCUT2D eigenvalue weighted by Crippen LogP contribution is -2.26. The van der Waals surface area contributed by atoms with Gasteiger partial charge in [-0.05, 0) is 39.3 Å². The summed E-state index contributed by atoms with van der Waals surface area (Å²) in [7, 11) is 1.70. The lowest BCUT2D eigenvalue weighted by atomic mass is 10.0. The van der Waals surface area contributed by atoms with Crippen LogP contribution in [0, 0.1) is 20.8 Å². The van der Waals surface area contributed by atoms with Crippen molar-refractivity contribution in [1.82, 2.24) is 24.5 Å². The molecule has 4 rings (SSSR count). The van der Waals surface area contributed by atoms with Crippen LogP contribution in [0.4, 0.5) is 14.5 Å². The molecule has 4 aromatic rings. The number of thiophene rings is 1. The summed E-state index contributed by atoms with van der Waals surface area (Å²) in [5, 5.41) is 12.2. The molecule has 35 heavy (non-hydrogen) atoms. The molecule has 0 saturated carbocycles. The van der Waals surface area contributed by atoms with Crippen LogP contribution in [-0.2, 0) is 11.8 Å². The third-order valence-corrected chi connectivity index (χ3v) is 7.31.